The van der Waals surface area contributed by atoms with Crippen LogP contribution in [0.4, 0.5) is 0 Å². The fourth-order valence-electron chi connectivity index (χ4n) is 0.632. The van der Waals surface area contributed by atoms with Gasteiger partial charge in [0.1, 0.15) is 28.2 Å². The molecular formula is C6H18N8O2+2. The second-order valence-corrected chi connectivity index (χ2v) is 2.45. The molecular weight excluding hydrogens is 216 g/mol. The van der Waals surface area contributed by atoms with Crippen LogP contribution in [-0.2, 0) is 4.79 Å². The predicted molar refractivity (Wildman–Crippen MR) is 53.7 cm³/mol. The van der Waals surface area contributed by atoms with Crippen LogP contribution in [0.1, 0.15) is 19.3 Å². The average molecular weight is 234 g/mol. The first-order valence-corrected chi connectivity index (χ1v) is 4.26. The molecule has 0 saturated carbocycles. The first kappa shape index (κ1) is 19.6. The maximum Gasteiger partial charge on any atom is 0.320 e. The van der Waals surface area contributed by atoms with Gasteiger partial charge in [-0.1, -0.05) is 6.42 Å². The van der Waals surface area contributed by atoms with E-state index in [1.165, 1.54) is 0 Å². The fourth-order valence-corrected chi connectivity index (χ4v) is 0.632. The summed E-state index contributed by atoms with van der Waals surface area (Å²) in [5.74, 6) is -0.933. The van der Waals surface area contributed by atoms with Crippen molar-refractivity contribution in [3.8, 4) is 0 Å². The molecule has 1 unspecified atom stereocenters. The number of carbonyl (C=O) groups is 1. The lowest BCUT2D eigenvalue weighted by atomic mass is 10.1. The van der Waals surface area contributed by atoms with E-state index in [2.05, 4.69) is 0 Å². The maximum absolute atomic E-state index is 10.1. The van der Waals surface area contributed by atoms with E-state index in [-0.39, 0.29) is 0 Å². The van der Waals surface area contributed by atoms with E-state index in [0.29, 0.717) is 13.0 Å². The standard InChI is InChI=1S/C6H14N2O2.2H2N3/c7-4-2-1-3-5(8)6(9)10;2*1-3-2/h5H,1-4,7-8H2,(H,9,10);2*1-2H/q;2*+1. The van der Waals surface area contributed by atoms with Gasteiger partial charge in [0.25, 0.3) is 0 Å². The number of nitrogens with zero attached hydrogens (tertiary/aromatic N) is 2. The van der Waals surface area contributed by atoms with Crippen molar-refractivity contribution in [2.45, 2.75) is 25.3 Å². The van der Waals surface area contributed by atoms with E-state index >= 15 is 0 Å². The van der Waals surface area contributed by atoms with Gasteiger partial charge in [-0.05, 0) is 19.4 Å². The number of nitrogens with two attached hydrogens (primary N) is 2. The lowest BCUT2D eigenvalue weighted by molar-refractivity contribution is -0.138. The van der Waals surface area contributed by atoms with Crippen molar-refractivity contribution in [2.24, 2.45) is 11.5 Å². The Bertz CT molecular complexity index is 219. The van der Waals surface area contributed by atoms with Crippen molar-refractivity contribution in [2.75, 3.05) is 6.54 Å². The summed E-state index contributed by atoms with van der Waals surface area (Å²) in [4.78, 5) is 14.1. The van der Waals surface area contributed by atoms with Crippen molar-refractivity contribution in [1.82, 2.24) is 9.82 Å². The Morgan fingerprint density at radius 2 is 1.56 bits per heavy atom. The zero-order valence-corrected chi connectivity index (χ0v) is 8.81. The molecule has 1 atom stereocenters. The van der Waals surface area contributed by atoms with Gasteiger partial charge >= 0.3 is 5.97 Å². The third-order valence-corrected chi connectivity index (χ3v) is 1.29. The fraction of sp³-hybridized carbons (Fsp3) is 0.833. The van der Waals surface area contributed by atoms with Gasteiger partial charge in [0.05, 0.1) is 0 Å². The summed E-state index contributed by atoms with van der Waals surface area (Å²) >= 11 is 0. The number of hydrogen-bond acceptors (Lipinski definition) is 7. The zero-order chi connectivity index (χ0) is 13.4. The summed E-state index contributed by atoms with van der Waals surface area (Å²) < 4.78 is 0. The van der Waals surface area contributed by atoms with E-state index < -0.39 is 12.0 Å². The zero-order valence-electron chi connectivity index (χ0n) is 8.81. The Balaban J connectivity index is -0.000000235. The second-order valence-electron chi connectivity index (χ2n) is 2.45. The summed E-state index contributed by atoms with van der Waals surface area (Å²) in [6.45, 7) is 0.604. The van der Waals surface area contributed by atoms with Gasteiger partial charge < -0.3 is 16.6 Å². The lowest BCUT2D eigenvalue weighted by Crippen LogP contribution is -2.29. The highest BCUT2D eigenvalue weighted by Crippen LogP contribution is 1.96. The van der Waals surface area contributed by atoms with Crippen molar-refractivity contribution >= 4 is 5.97 Å². The Morgan fingerprint density at radius 1 is 1.19 bits per heavy atom. The molecule has 0 aromatic rings. The molecule has 0 aromatic heterocycles. The molecule has 0 heterocycles. The van der Waals surface area contributed by atoms with Crippen LogP contribution in [0.15, 0.2) is 0 Å². The molecule has 0 spiro atoms. The van der Waals surface area contributed by atoms with E-state index in [4.69, 9.17) is 38.7 Å². The van der Waals surface area contributed by atoms with Crippen LogP contribution in [0.2, 0.25) is 0 Å². The molecule has 0 fully saturated rings. The Labute approximate surface area is 92.1 Å². The highest BCUT2D eigenvalue weighted by molar-refractivity contribution is 5.72. The minimum absolute atomic E-state index is 0.520. The molecule has 16 heavy (non-hydrogen) atoms. The van der Waals surface area contributed by atoms with Gasteiger partial charge in [-0.15, -0.1) is 0 Å². The largest absolute Gasteiger partial charge is 0.480 e. The quantitative estimate of drug-likeness (QED) is 0.194. The molecule has 9 N–H and O–H groups in total. The highest BCUT2D eigenvalue weighted by atomic mass is 16.4. The van der Waals surface area contributed by atoms with Crippen LogP contribution in [0.5, 0.6) is 0 Å². The molecule has 0 aliphatic carbocycles. The van der Waals surface area contributed by atoms with Gasteiger partial charge in [0, 0.05) is 0 Å². The van der Waals surface area contributed by atoms with Gasteiger partial charge in [-0.3, -0.25) is 4.79 Å². The van der Waals surface area contributed by atoms with Crippen LogP contribution in [-0.4, -0.2) is 23.7 Å². The number of hydrogen-bond donors (Lipinski definition) is 7. The monoisotopic (exact) mass is 234 g/mol. The molecule has 10 nitrogen and oxygen atoms in total. The minimum atomic E-state index is -0.933. The van der Waals surface area contributed by atoms with E-state index in [0.717, 1.165) is 12.8 Å². The third kappa shape index (κ3) is 29.6. The van der Waals surface area contributed by atoms with Gasteiger partial charge in [0.2, 0.25) is 9.82 Å². The SMILES string of the molecule is N=[N+]=N.N=[N+]=N.NCCCCC(N)C(=O)O. The number of carboxylic acids is 1. The molecule has 0 aliphatic rings. The van der Waals surface area contributed by atoms with E-state index in [1.54, 1.807) is 0 Å². The third-order valence-electron chi connectivity index (χ3n) is 1.29. The Hall–Kier alpha value is -1.99. The first-order valence-electron chi connectivity index (χ1n) is 4.26. The summed E-state index contributed by atoms with van der Waals surface area (Å²) in [5.41, 5.74) is 32.4. The Morgan fingerprint density at radius 3 is 1.81 bits per heavy atom. The number of nitrogens with one attached hydrogen (secondary N) is 4. The number of unbranched alkanes of at least 4 members (excludes halogenated alkanes) is 1. The molecule has 0 rings (SSSR count). The van der Waals surface area contributed by atoms with Crippen LogP contribution >= 0.6 is 0 Å². The molecule has 0 bridgehead atoms. The summed E-state index contributed by atoms with van der Waals surface area (Å²) in [6.07, 6.45) is 2.16. The molecule has 0 amide bonds. The van der Waals surface area contributed by atoms with Crippen molar-refractivity contribution in [3.05, 3.63) is 0 Å². The van der Waals surface area contributed by atoms with Crippen molar-refractivity contribution in [1.29, 1.82) is 22.1 Å². The van der Waals surface area contributed by atoms with Gasteiger partial charge in [0.15, 0.2) is 0 Å². The summed E-state index contributed by atoms with van der Waals surface area (Å²) in [7, 11) is 0. The Kier molecular flexibility index (Phi) is 22.9. The van der Waals surface area contributed by atoms with E-state index in [1.807, 2.05) is 9.82 Å². The van der Waals surface area contributed by atoms with Crippen LogP contribution in [0, 0.1) is 22.1 Å². The highest BCUT2D eigenvalue weighted by Gasteiger charge is 2.09. The normalized spacial score (nSPS) is 9.12. The molecule has 0 aromatic carbocycles. The second kappa shape index (κ2) is 18.7. The van der Waals surface area contributed by atoms with Crippen LogP contribution in [0.25, 0.3) is 0 Å². The summed E-state index contributed by atoms with van der Waals surface area (Å²) in [5, 5.41) is 8.33. The molecule has 0 radical (unpaired) electrons. The topological polar surface area (TPSA) is 213 Å². The predicted octanol–water partition coefficient (Wildman–Crippen LogP) is -0.242. The van der Waals surface area contributed by atoms with Gasteiger partial charge in [-0.25, -0.2) is 0 Å². The number of carboxylic acid groups (broad SMARTS) is 1. The maximum atomic E-state index is 10.1. The summed E-state index contributed by atoms with van der Waals surface area (Å²) in [6, 6.07) is -0.716. The molecule has 92 valence electrons. The number of aliphatic carboxylic acids is 1. The molecule has 10 heteroatoms. The van der Waals surface area contributed by atoms with Gasteiger partial charge in [-0.2, -0.15) is 0 Å². The van der Waals surface area contributed by atoms with Crippen molar-refractivity contribution < 1.29 is 9.90 Å². The minimum Gasteiger partial charge on any atom is -0.480 e. The number of rotatable bonds is 5. The lowest BCUT2D eigenvalue weighted by Gasteiger charge is -2.03. The molecule has 0 aliphatic heterocycles. The average Bonchev–Trinajstić information content (AvgIpc) is 2.20. The van der Waals surface area contributed by atoms with Crippen LogP contribution < -0.4 is 21.3 Å². The van der Waals surface area contributed by atoms with E-state index in [9.17, 15) is 4.79 Å². The van der Waals surface area contributed by atoms with Crippen molar-refractivity contribution in [3.63, 3.8) is 0 Å². The van der Waals surface area contributed by atoms with Crippen LogP contribution in [0.3, 0.4) is 0 Å². The molecule has 0 saturated heterocycles. The smallest absolute Gasteiger partial charge is 0.320 e. The first-order chi connectivity index (χ1) is 7.51.